The average molecular weight is 302 g/mol. The summed E-state index contributed by atoms with van der Waals surface area (Å²) >= 11 is 0. The molecule has 0 unspecified atom stereocenters. The molecule has 0 N–H and O–H groups in total. The smallest absolute Gasteiger partial charge is 0.327 e. The first-order chi connectivity index (χ1) is 10.4. The first-order valence-electron chi connectivity index (χ1n) is 6.45. The molecule has 114 valence electrons. The zero-order valence-electron chi connectivity index (χ0n) is 12.3. The minimum Gasteiger partial charge on any atom is -0.468 e. The van der Waals surface area contributed by atoms with Gasteiger partial charge in [0.1, 0.15) is 0 Å². The Labute approximate surface area is 126 Å². The van der Waals surface area contributed by atoms with Crippen LogP contribution < -0.4 is 10.9 Å². The second kappa shape index (κ2) is 5.55. The lowest BCUT2D eigenvalue weighted by Crippen LogP contribution is -2.53. The highest BCUT2D eigenvalue weighted by Crippen LogP contribution is 2.32. The number of esters is 2. The molecule has 0 aromatic heterocycles. The Morgan fingerprint density at radius 3 is 1.86 bits per heavy atom. The van der Waals surface area contributed by atoms with Crippen LogP contribution in [0.1, 0.15) is 12.5 Å². The zero-order valence-corrected chi connectivity index (χ0v) is 12.3. The molecule has 0 aliphatic carbocycles. The quantitative estimate of drug-likeness (QED) is 0.466. The molecular formula is C16H14O6. The average Bonchev–Trinajstić information content (AvgIpc) is 2.57. The second-order valence-electron chi connectivity index (χ2n) is 4.88. The van der Waals surface area contributed by atoms with E-state index in [1.54, 1.807) is 30.3 Å². The summed E-state index contributed by atoms with van der Waals surface area (Å²) in [5, 5.41) is 0. The molecule has 2 aromatic rings. The third-order valence-corrected chi connectivity index (χ3v) is 3.66. The van der Waals surface area contributed by atoms with Crippen molar-refractivity contribution < 1.29 is 19.1 Å². The summed E-state index contributed by atoms with van der Waals surface area (Å²) in [7, 11) is 2.19. The largest absolute Gasteiger partial charge is 0.468 e. The molecule has 6 nitrogen and oxygen atoms in total. The van der Waals surface area contributed by atoms with E-state index >= 15 is 0 Å². The molecule has 2 rings (SSSR count). The van der Waals surface area contributed by atoms with E-state index in [0.717, 1.165) is 14.2 Å². The van der Waals surface area contributed by atoms with Gasteiger partial charge in [0.2, 0.25) is 10.9 Å². The number of methoxy groups -OCH3 is 2. The molecule has 2 aromatic carbocycles. The van der Waals surface area contributed by atoms with Gasteiger partial charge < -0.3 is 9.47 Å². The molecule has 22 heavy (non-hydrogen) atoms. The van der Waals surface area contributed by atoms with Gasteiger partial charge in [0.15, 0.2) is 5.41 Å². The SMILES string of the molecule is COC(=O)C(C)(C(=O)OC)c1c(-c2ccccc2)c(=O)c1=O. The number of hydrogen-bond donors (Lipinski definition) is 0. The van der Waals surface area contributed by atoms with Crippen molar-refractivity contribution in [2.45, 2.75) is 12.3 Å². The maximum absolute atomic E-state index is 12.1. The van der Waals surface area contributed by atoms with Gasteiger partial charge in [0.05, 0.1) is 14.2 Å². The maximum Gasteiger partial charge on any atom is 0.327 e. The van der Waals surface area contributed by atoms with Crippen LogP contribution in [0.15, 0.2) is 39.9 Å². The Morgan fingerprint density at radius 1 is 0.909 bits per heavy atom. The van der Waals surface area contributed by atoms with E-state index in [0.29, 0.717) is 5.56 Å². The van der Waals surface area contributed by atoms with E-state index in [4.69, 9.17) is 0 Å². The maximum atomic E-state index is 12.1. The Bertz CT molecular complexity index is 780. The molecule has 0 saturated heterocycles. The van der Waals surface area contributed by atoms with Gasteiger partial charge in [-0.3, -0.25) is 19.2 Å². The topological polar surface area (TPSA) is 86.7 Å². The van der Waals surface area contributed by atoms with Crippen molar-refractivity contribution in [2.24, 2.45) is 0 Å². The number of hydrogen-bond acceptors (Lipinski definition) is 6. The summed E-state index contributed by atoms with van der Waals surface area (Å²) in [5.74, 6) is -1.91. The van der Waals surface area contributed by atoms with Gasteiger partial charge in [-0.05, 0) is 12.5 Å². The second-order valence-corrected chi connectivity index (χ2v) is 4.88. The van der Waals surface area contributed by atoms with Gasteiger partial charge in [-0.25, -0.2) is 0 Å². The number of benzene rings is 1. The van der Waals surface area contributed by atoms with Crippen LogP contribution in [0.3, 0.4) is 0 Å². The minimum absolute atomic E-state index is 0.0453. The Balaban J connectivity index is 2.73. The highest BCUT2D eigenvalue weighted by molar-refractivity contribution is 6.07. The van der Waals surface area contributed by atoms with Crippen molar-refractivity contribution in [3.8, 4) is 11.1 Å². The van der Waals surface area contributed by atoms with Crippen LogP contribution in [-0.2, 0) is 24.5 Å². The summed E-state index contributed by atoms with van der Waals surface area (Å²) in [5.41, 5.74) is -3.27. The van der Waals surface area contributed by atoms with Gasteiger partial charge in [-0.1, -0.05) is 30.3 Å². The molecule has 0 heterocycles. The summed E-state index contributed by atoms with van der Waals surface area (Å²) < 4.78 is 9.25. The molecule has 0 atom stereocenters. The Morgan fingerprint density at radius 2 is 1.41 bits per heavy atom. The van der Waals surface area contributed by atoms with Gasteiger partial charge in [0.25, 0.3) is 0 Å². The van der Waals surface area contributed by atoms with E-state index in [2.05, 4.69) is 9.47 Å². The van der Waals surface area contributed by atoms with Crippen LogP contribution in [0.4, 0.5) is 0 Å². The summed E-state index contributed by atoms with van der Waals surface area (Å²) in [6.45, 7) is 1.22. The molecule has 0 aliphatic rings. The number of ether oxygens (including phenoxy) is 2. The van der Waals surface area contributed by atoms with Crippen molar-refractivity contribution in [2.75, 3.05) is 14.2 Å². The third kappa shape index (κ3) is 2.04. The van der Waals surface area contributed by atoms with Crippen LogP contribution in [0, 0.1) is 0 Å². The van der Waals surface area contributed by atoms with E-state index in [1.165, 1.54) is 6.92 Å². The van der Waals surface area contributed by atoms with E-state index in [-0.39, 0.29) is 11.1 Å². The van der Waals surface area contributed by atoms with Gasteiger partial charge in [-0.2, -0.15) is 0 Å². The monoisotopic (exact) mass is 302 g/mol. The first kappa shape index (κ1) is 15.6. The first-order valence-corrected chi connectivity index (χ1v) is 6.45. The minimum atomic E-state index is -1.97. The lowest BCUT2D eigenvalue weighted by atomic mass is 9.75. The van der Waals surface area contributed by atoms with Crippen LogP contribution in [0.2, 0.25) is 0 Å². The van der Waals surface area contributed by atoms with Gasteiger partial charge in [0, 0.05) is 11.1 Å². The van der Waals surface area contributed by atoms with Gasteiger partial charge >= 0.3 is 11.9 Å². The Hall–Kier alpha value is -2.76. The molecule has 6 heteroatoms. The molecule has 0 amide bonds. The molecular weight excluding hydrogens is 288 g/mol. The van der Waals surface area contributed by atoms with Crippen molar-refractivity contribution in [1.29, 1.82) is 0 Å². The van der Waals surface area contributed by atoms with Crippen LogP contribution >= 0.6 is 0 Å². The summed E-state index contributed by atoms with van der Waals surface area (Å²) in [4.78, 5) is 48.1. The summed E-state index contributed by atoms with van der Waals surface area (Å²) in [6.07, 6.45) is 0. The fourth-order valence-electron chi connectivity index (χ4n) is 2.44. The third-order valence-electron chi connectivity index (χ3n) is 3.66. The normalized spacial score (nSPS) is 11.2. The highest BCUT2D eigenvalue weighted by Gasteiger charge is 2.51. The van der Waals surface area contributed by atoms with E-state index in [9.17, 15) is 19.2 Å². The summed E-state index contributed by atoms with van der Waals surface area (Å²) in [6, 6.07) is 8.35. The van der Waals surface area contributed by atoms with Crippen LogP contribution in [-0.4, -0.2) is 26.2 Å². The van der Waals surface area contributed by atoms with E-state index < -0.39 is 28.2 Å². The molecule has 0 spiro atoms. The van der Waals surface area contributed by atoms with Crippen molar-refractivity contribution in [3.63, 3.8) is 0 Å². The van der Waals surface area contributed by atoms with Crippen molar-refractivity contribution >= 4 is 11.9 Å². The predicted molar refractivity (Wildman–Crippen MR) is 78.2 cm³/mol. The van der Waals surface area contributed by atoms with Crippen LogP contribution in [0.25, 0.3) is 11.1 Å². The van der Waals surface area contributed by atoms with E-state index in [1.807, 2.05) is 0 Å². The molecule has 0 bridgehead atoms. The van der Waals surface area contributed by atoms with Crippen molar-refractivity contribution in [1.82, 2.24) is 0 Å². The molecule has 0 aliphatic heterocycles. The van der Waals surface area contributed by atoms with Gasteiger partial charge in [-0.15, -0.1) is 0 Å². The lowest BCUT2D eigenvalue weighted by molar-refractivity contribution is -0.161. The Kier molecular flexibility index (Phi) is 3.95. The fraction of sp³-hybridized carbons (Fsp3) is 0.250. The van der Waals surface area contributed by atoms with Crippen LogP contribution in [0.5, 0.6) is 0 Å². The standard InChI is InChI=1S/C16H14O6/c1-16(14(19)21-2,15(20)22-3)11-10(12(17)13(11)18)9-7-5-4-6-8-9/h4-8H,1-3H3. The molecule has 0 radical (unpaired) electrons. The number of rotatable bonds is 4. The lowest BCUT2D eigenvalue weighted by Gasteiger charge is -2.27. The highest BCUT2D eigenvalue weighted by atomic mass is 16.5. The molecule has 0 saturated carbocycles. The van der Waals surface area contributed by atoms with Crippen molar-refractivity contribution in [3.05, 3.63) is 56.3 Å². The predicted octanol–water partition coefficient (Wildman–Crippen LogP) is 0.553. The fourth-order valence-corrected chi connectivity index (χ4v) is 2.44. The zero-order chi connectivity index (χ0) is 16.5. The molecule has 0 fully saturated rings. The number of carbonyl (C=O) groups excluding carboxylic acids is 2. The number of carbonyl (C=O) groups is 2.